The molecule has 0 aromatic heterocycles. The molecule has 1 fully saturated rings. The number of amides is 1. The van der Waals surface area contributed by atoms with Crippen LogP contribution >= 0.6 is 0 Å². The fraction of sp³-hybridized carbons (Fsp3) is 0.417. The molecule has 5 nitrogen and oxygen atoms in total. The molecule has 1 heterocycles. The zero-order valence-corrected chi connectivity index (χ0v) is 11.2. The van der Waals surface area contributed by atoms with Gasteiger partial charge in [-0.05, 0) is 26.0 Å². The molecular weight excluding hydrogens is 252 g/mol. The average molecular weight is 268 g/mol. The monoisotopic (exact) mass is 268 g/mol. The van der Waals surface area contributed by atoms with Gasteiger partial charge in [-0.1, -0.05) is 18.2 Å². The third kappa shape index (κ3) is 1.86. The second-order valence-corrected chi connectivity index (χ2v) is 7.10. The van der Waals surface area contributed by atoms with Crippen molar-refractivity contribution in [2.75, 3.05) is 18.4 Å². The van der Waals surface area contributed by atoms with E-state index in [-0.39, 0.29) is 12.5 Å². The van der Waals surface area contributed by atoms with E-state index in [1.54, 1.807) is 0 Å². The van der Waals surface area contributed by atoms with Crippen LogP contribution in [0, 0.1) is 0 Å². The van der Waals surface area contributed by atoms with Crippen molar-refractivity contribution in [3.8, 4) is 0 Å². The fourth-order valence-electron chi connectivity index (χ4n) is 1.84. The minimum atomic E-state index is -3.46. The third-order valence-electron chi connectivity index (χ3n) is 3.09. The number of nitrogens with zero attached hydrogens (tertiary/aromatic N) is 1. The second-order valence-electron chi connectivity index (χ2n) is 4.69. The maximum atomic E-state index is 11.8. The van der Waals surface area contributed by atoms with E-state index in [0.29, 0.717) is 6.54 Å². The van der Waals surface area contributed by atoms with Crippen molar-refractivity contribution in [1.82, 2.24) is 4.31 Å². The van der Waals surface area contributed by atoms with Crippen molar-refractivity contribution in [3.05, 3.63) is 30.3 Å². The first-order chi connectivity index (χ1) is 8.37. The smallest absolute Gasteiger partial charge is 0.258 e. The number of benzene rings is 1. The number of hydrogen-bond acceptors (Lipinski definition) is 4. The number of sulfonamides is 1. The highest BCUT2D eigenvalue weighted by Crippen LogP contribution is 2.34. The molecule has 1 aromatic rings. The van der Waals surface area contributed by atoms with Crippen LogP contribution in [0.2, 0.25) is 0 Å². The lowest BCUT2D eigenvalue weighted by atomic mass is 10.2. The van der Waals surface area contributed by atoms with Gasteiger partial charge in [0.05, 0.1) is 6.54 Å². The number of carbonyl (C=O) groups is 1. The molecule has 0 aliphatic carbocycles. The van der Waals surface area contributed by atoms with Gasteiger partial charge in [-0.25, -0.2) is 12.7 Å². The molecule has 1 N–H and O–H groups in total. The molecule has 18 heavy (non-hydrogen) atoms. The first kappa shape index (κ1) is 12.9. The third-order valence-corrected chi connectivity index (χ3v) is 5.49. The first-order valence-corrected chi connectivity index (χ1v) is 7.17. The van der Waals surface area contributed by atoms with E-state index in [9.17, 15) is 13.2 Å². The number of rotatable bonds is 4. The fourth-order valence-corrected chi connectivity index (χ4v) is 3.36. The predicted molar refractivity (Wildman–Crippen MR) is 69.6 cm³/mol. The molecule has 2 rings (SSSR count). The van der Waals surface area contributed by atoms with Crippen LogP contribution < -0.4 is 5.32 Å². The van der Waals surface area contributed by atoms with Crippen LogP contribution in [-0.2, 0) is 14.8 Å². The standard InChI is InChI=1S/C12H16N2O3S/c1-12(2)11(15)14(18(12,16)17)9-8-13-10-6-4-3-5-7-10/h3-7,13H,8-9H2,1-2H3. The summed E-state index contributed by atoms with van der Waals surface area (Å²) < 4.78 is 23.3. The molecule has 1 aliphatic heterocycles. The highest BCUT2D eigenvalue weighted by molar-refractivity contribution is 7.94. The van der Waals surface area contributed by atoms with E-state index < -0.39 is 14.8 Å². The lowest BCUT2D eigenvalue weighted by Crippen LogP contribution is -2.67. The Balaban J connectivity index is 1.92. The predicted octanol–water partition coefficient (Wildman–Crippen LogP) is 1.05. The molecule has 0 saturated carbocycles. The second kappa shape index (κ2) is 4.28. The average Bonchev–Trinajstić information content (AvgIpc) is 2.34. The summed E-state index contributed by atoms with van der Waals surface area (Å²) in [6.07, 6.45) is 0. The Kier molecular flexibility index (Phi) is 3.06. The summed E-state index contributed by atoms with van der Waals surface area (Å²) in [5.74, 6) is -0.336. The van der Waals surface area contributed by atoms with Crippen molar-refractivity contribution in [1.29, 1.82) is 0 Å². The van der Waals surface area contributed by atoms with Crippen LogP contribution in [0.1, 0.15) is 13.8 Å². The molecule has 1 aliphatic rings. The van der Waals surface area contributed by atoms with E-state index in [1.165, 1.54) is 13.8 Å². The van der Waals surface area contributed by atoms with Gasteiger partial charge < -0.3 is 5.32 Å². The molecule has 0 spiro atoms. The van der Waals surface area contributed by atoms with Crippen LogP contribution in [0.25, 0.3) is 0 Å². The van der Waals surface area contributed by atoms with Crippen LogP contribution in [0.4, 0.5) is 5.69 Å². The molecule has 1 amide bonds. The van der Waals surface area contributed by atoms with Crippen LogP contribution in [0.15, 0.2) is 30.3 Å². The summed E-state index contributed by atoms with van der Waals surface area (Å²) >= 11 is 0. The summed E-state index contributed by atoms with van der Waals surface area (Å²) in [6.45, 7) is 3.45. The van der Waals surface area contributed by atoms with Crippen LogP contribution in [0.5, 0.6) is 0 Å². The highest BCUT2D eigenvalue weighted by Gasteiger charge is 2.59. The van der Waals surface area contributed by atoms with Gasteiger partial charge in [0.2, 0.25) is 0 Å². The van der Waals surface area contributed by atoms with E-state index in [4.69, 9.17) is 0 Å². The first-order valence-electron chi connectivity index (χ1n) is 5.73. The number of anilines is 1. The summed E-state index contributed by atoms with van der Waals surface area (Å²) in [5.41, 5.74) is 0.905. The molecule has 0 atom stereocenters. The zero-order chi connectivity index (χ0) is 13.4. The maximum absolute atomic E-state index is 11.8. The topological polar surface area (TPSA) is 66.5 Å². The Labute approximate surface area is 107 Å². The van der Waals surface area contributed by atoms with Crippen LogP contribution in [0.3, 0.4) is 0 Å². The molecule has 1 aromatic carbocycles. The Hall–Kier alpha value is -1.56. The lowest BCUT2D eigenvalue weighted by Gasteiger charge is -2.43. The van der Waals surface area contributed by atoms with Gasteiger partial charge in [0.1, 0.15) is 0 Å². The summed E-state index contributed by atoms with van der Waals surface area (Å²) in [5, 5.41) is 3.07. The van der Waals surface area contributed by atoms with Gasteiger partial charge in [-0.15, -0.1) is 0 Å². The molecule has 98 valence electrons. The maximum Gasteiger partial charge on any atom is 0.258 e. The van der Waals surface area contributed by atoms with E-state index in [0.717, 1.165) is 9.99 Å². The van der Waals surface area contributed by atoms with Crippen molar-refractivity contribution >= 4 is 21.6 Å². The molecule has 0 unspecified atom stereocenters. The quantitative estimate of drug-likeness (QED) is 0.886. The Bertz CT molecular complexity index is 552. The van der Waals surface area contributed by atoms with E-state index in [2.05, 4.69) is 5.32 Å². The lowest BCUT2D eigenvalue weighted by molar-refractivity contribution is -0.132. The Morgan fingerprint density at radius 3 is 2.39 bits per heavy atom. The van der Waals surface area contributed by atoms with Gasteiger partial charge in [-0.2, -0.15) is 0 Å². The van der Waals surface area contributed by atoms with Crippen molar-refractivity contribution < 1.29 is 13.2 Å². The van der Waals surface area contributed by atoms with E-state index in [1.807, 2.05) is 30.3 Å². The Morgan fingerprint density at radius 2 is 1.83 bits per heavy atom. The number of carbonyl (C=O) groups excluding carboxylic acids is 1. The van der Waals surface area contributed by atoms with E-state index >= 15 is 0 Å². The van der Waals surface area contributed by atoms with Gasteiger partial charge in [0.15, 0.2) is 4.75 Å². The molecule has 0 radical (unpaired) electrons. The van der Waals surface area contributed by atoms with Gasteiger partial charge in [0.25, 0.3) is 15.9 Å². The largest absolute Gasteiger partial charge is 0.383 e. The highest BCUT2D eigenvalue weighted by atomic mass is 32.2. The van der Waals surface area contributed by atoms with Crippen molar-refractivity contribution in [2.24, 2.45) is 0 Å². The minimum Gasteiger partial charge on any atom is -0.383 e. The Morgan fingerprint density at radius 1 is 1.22 bits per heavy atom. The molecule has 6 heteroatoms. The molecule has 1 saturated heterocycles. The summed E-state index contributed by atoms with van der Waals surface area (Å²) in [6, 6.07) is 9.44. The molecular formula is C12H16N2O3S. The van der Waals surface area contributed by atoms with Gasteiger partial charge in [-0.3, -0.25) is 4.79 Å². The van der Waals surface area contributed by atoms with Crippen molar-refractivity contribution in [3.63, 3.8) is 0 Å². The number of hydrogen-bond donors (Lipinski definition) is 1. The van der Waals surface area contributed by atoms with Gasteiger partial charge >= 0.3 is 0 Å². The summed E-state index contributed by atoms with van der Waals surface area (Å²) in [4.78, 5) is 11.7. The SMILES string of the molecule is CC1(C)C(=O)N(CCNc2ccccc2)S1(=O)=O. The van der Waals surface area contributed by atoms with Crippen molar-refractivity contribution in [2.45, 2.75) is 18.6 Å². The number of para-hydroxylation sites is 1. The van der Waals surface area contributed by atoms with Gasteiger partial charge in [0, 0.05) is 12.2 Å². The summed E-state index contributed by atoms with van der Waals surface area (Å²) in [7, 11) is -3.46. The minimum absolute atomic E-state index is 0.166. The van der Waals surface area contributed by atoms with Crippen LogP contribution in [-0.4, -0.2) is 36.5 Å². The number of nitrogens with one attached hydrogen (secondary N) is 1. The zero-order valence-electron chi connectivity index (χ0n) is 10.4. The molecule has 0 bridgehead atoms. The normalized spacial score (nSPS) is 20.3.